The number of carbonyl (C=O) groups is 1. The Morgan fingerprint density at radius 3 is 3.00 bits per heavy atom. The number of benzene rings is 1. The van der Waals surface area contributed by atoms with Crippen molar-refractivity contribution in [2.45, 2.75) is 13.3 Å². The highest BCUT2D eigenvalue weighted by molar-refractivity contribution is 5.45. The lowest BCUT2D eigenvalue weighted by molar-refractivity contribution is -0.120. The summed E-state index contributed by atoms with van der Waals surface area (Å²) in [6.45, 7) is 2.49. The summed E-state index contributed by atoms with van der Waals surface area (Å²) in [5, 5.41) is 0. The Hall–Kier alpha value is -1.31. The lowest BCUT2D eigenvalue weighted by Crippen LogP contribution is -1.89. The molecule has 0 heterocycles. The molecule has 0 fully saturated rings. The first-order valence-corrected chi connectivity index (χ1v) is 3.56. The Morgan fingerprint density at radius 1 is 1.55 bits per heavy atom. The first kappa shape index (κ1) is 7.79. The van der Waals surface area contributed by atoms with Crippen molar-refractivity contribution in [1.29, 1.82) is 0 Å². The van der Waals surface area contributed by atoms with E-state index in [9.17, 15) is 4.79 Å². The van der Waals surface area contributed by atoms with E-state index in [-0.39, 0.29) is 0 Å². The summed E-state index contributed by atoms with van der Waals surface area (Å²) in [7, 11) is 0. The molecule has 0 aliphatic carbocycles. The second kappa shape index (κ2) is 3.76. The van der Waals surface area contributed by atoms with Gasteiger partial charge in [0.25, 0.3) is 6.47 Å². The quantitative estimate of drug-likeness (QED) is 0.614. The fourth-order valence-electron chi connectivity index (χ4n) is 0.894. The number of hydrogen-bond acceptors (Lipinski definition) is 2. The van der Waals surface area contributed by atoms with Crippen LogP contribution >= 0.6 is 0 Å². The predicted octanol–water partition coefficient (Wildman–Crippen LogP) is 1.78. The first-order valence-electron chi connectivity index (χ1n) is 3.56. The SMILES string of the molecule is CCc1cccc(OC=O)c1. The maximum absolute atomic E-state index is 9.95. The molecule has 0 radical (unpaired) electrons. The van der Waals surface area contributed by atoms with Crippen LogP contribution in [0.15, 0.2) is 24.3 Å². The molecule has 0 N–H and O–H groups in total. The maximum Gasteiger partial charge on any atom is 0.298 e. The largest absolute Gasteiger partial charge is 0.429 e. The number of ether oxygens (including phenoxy) is 1. The topological polar surface area (TPSA) is 26.3 Å². The first-order chi connectivity index (χ1) is 5.36. The fraction of sp³-hybridized carbons (Fsp3) is 0.222. The Kier molecular flexibility index (Phi) is 2.66. The van der Waals surface area contributed by atoms with Crippen LogP contribution < -0.4 is 4.74 Å². The van der Waals surface area contributed by atoms with E-state index in [1.165, 1.54) is 5.56 Å². The molecule has 0 aromatic heterocycles. The van der Waals surface area contributed by atoms with E-state index in [0.29, 0.717) is 12.2 Å². The monoisotopic (exact) mass is 150 g/mol. The minimum absolute atomic E-state index is 0.439. The predicted molar refractivity (Wildman–Crippen MR) is 42.5 cm³/mol. The average Bonchev–Trinajstić information content (AvgIpc) is 2.06. The molecule has 0 spiro atoms. The summed E-state index contributed by atoms with van der Waals surface area (Å²) in [6, 6.07) is 7.48. The summed E-state index contributed by atoms with van der Waals surface area (Å²) in [4.78, 5) is 9.95. The normalized spacial score (nSPS) is 9.18. The molecule has 0 bridgehead atoms. The van der Waals surface area contributed by atoms with Crippen LogP contribution in [0.4, 0.5) is 0 Å². The second-order valence-corrected chi connectivity index (χ2v) is 2.22. The third-order valence-corrected chi connectivity index (χ3v) is 1.49. The number of aryl methyl sites for hydroxylation is 1. The number of rotatable bonds is 3. The lowest BCUT2D eigenvalue weighted by atomic mass is 10.2. The molecule has 11 heavy (non-hydrogen) atoms. The van der Waals surface area contributed by atoms with Crippen LogP contribution in [0, 0.1) is 0 Å². The van der Waals surface area contributed by atoms with Gasteiger partial charge < -0.3 is 4.74 Å². The van der Waals surface area contributed by atoms with Crippen molar-refractivity contribution in [2.75, 3.05) is 0 Å². The van der Waals surface area contributed by atoms with Crippen molar-refractivity contribution in [3.8, 4) is 5.75 Å². The van der Waals surface area contributed by atoms with Crippen LogP contribution in [-0.2, 0) is 11.2 Å². The lowest BCUT2D eigenvalue weighted by Gasteiger charge is -1.99. The van der Waals surface area contributed by atoms with Crippen molar-refractivity contribution in [3.05, 3.63) is 29.8 Å². The van der Waals surface area contributed by atoms with Gasteiger partial charge in [-0.1, -0.05) is 19.1 Å². The highest BCUT2D eigenvalue weighted by atomic mass is 16.5. The fourth-order valence-corrected chi connectivity index (χ4v) is 0.894. The molecule has 0 unspecified atom stereocenters. The highest BCUT2D eigenvalue weighted by Crippen LogP contribution is 2.12. The molecular formula is C9H10O2. The van der Waals surface area contributed by atoms with E-state index in [1.807, 2.05) is 18.2 Å². The van der Waals surface area contributed by atoms with Crippen LogP contribution in [-0.4, -0.2) is 6.47 Å². The zero-order valence-corrected chi connectivity index (χ0v) is 6.41. The third-order valence-electron chi connectivity index (χ3n) is 1.49. The van der Waals surface area contributed by atoms with Gasteiger partial charge in [-0.3, -0.25) is 4.79 Å². The summed E-state index contributed by atoms with van der Waals surface area (Å²) in [6.07, 6.45) is 0.954. The van der Waals surface area contributed by atoms with Crippen molar-refractivity contribution in [2.24, 2.45) is 0 Å². The Bertz CT molecular complexity index is 243. The molecule has 2 nitrogen and oxygen atoms in total. The van der Waals surface area contributed by atoms with Gasteiger partial charge in [0.15, 0.2) is 0 Å². The van der Waals surface area contributed by atoms with Crippen LogP contribution in [0.5, 0.6) is 5.75 Å². The van der Waals surface area contributed by atoms with Crippen LogP contribution in [0.25, 0.3) is 0 Å². The maximum atomic E-state index is 9.95. The second-order valence-electron chi connectivity index (χ2n) is 2.22. The summed E-state index contributed by atoms with van der Waals surface area (Å²) in [5.74, 6) is 0.611. The molecule has 0 saturated heterocycles. The van der Waals surface area contributed by atoms with E-state index >= 15 is 0 Å². The Morgan fingerprint density at radius 2 is 2.36 bits per heavy atom. The zero-order chi connectivity index (χ0) is 8.10. The van der Waals surface area contributed by atoms with E-state index in [1.54, 1.807) is 6.07 Å². The third kappa shape index (κ3) is 2.08. The van der Waals surface area contributed by atoms with Gasteiger partial charge in [0.1, 0.15) is 5.75 Å². The molecule has 0 atom stereocenters. The molecule has 1 aromatic carbocycles. The van der Waals surface area contributed by atoms with E-state index in [4.69, 9.17) is 0 Å². The van der Waals surface area contributed by atoms with Gasteiger partial charge in [-0.15, -0.1) is 0 Å². The van der Waals surface area contributed by atoms with E-state index in [2.05, 4.69) is 11.7 Å². The van der Waals surface area contributed by atoms with Gasteiger partial charge >= 0.3 is 0 Å². The van der Waals surface area contributed by atoms with Gasteiger partial charge in [-0.05, 0) is 24.1 Å². The van der Waals surface area contributed by atoms with Crippen molar-refractivity contribution in [3.63, 3.8) is 0 Å². The number of carbonyl (C=O) groups excluding carboxylic acids is 1. The minimum Gasteiger partial charge on any atom is -0.429 e. The van der Waals surface area contributed by atoms with Crippen LogP contribution in [0.3, 0.4) is 0 Å². The minimum atomic E-state index is 0.439. The van der Waals surface area contributed by atoms with Crippen molar-refractivity contribution >= 4 is 6.47 Å². The molecule has 1 rings (SSSR count). The van der Waals surface area contributed by atoms with Crippen molar-refractivity contribution < 1.29 is 9.53 Å². The molecule has 0 aliphatic heterocycles. The Labute approximate surface area is 65.8 Å². The summed E-state index contributed by atoms with van der Waals surface area (Å²) >= 11 is 0. The molecule has 0 aliphatic rings. The van der Waals surface area contributed by atoms with E-state index < -0.39 is 0 Å². The Balaban J connectivity index is 2.82. The van der Waals surface area contributed by atoms with Gasteiger partial charge in [0, 0.05) is 0 Å². The molecule has 1 aromatic rings. The van der Waals surface area contributed by atoms with Crippen molar-refractivity contribution in [1.82, 2.24) is 0 Å². The van der Waals surface area contributed by atoms with Crippen LogP contribution in [0.2, 0.25) is 0 Å². The molecular weight excluding hydrogens is 140 g/mol. The molecule has 2 heteroatoms. The molecule has 0 saturated carbocycles. The van der Waals surface area contributed by atoms with Gasteiger partial charge in [0.2, 0.25) is 0 Å². The standard InChI is InChI=1S/C9H10O2/c1-2-8-4-3-5-9(6-8)11-7-10/h3-7H,2H2,1H3. The van der Waals surface area contributed by atoms with E-state index in [0.717, 1.165) is 6.42 Å². The zero-order valence-electron chi connectivity index (χ0n) is 6.41. The van der Waals surface area contributed by atoms with Gasteiger partial charge in [-0.25, -0.2) is 0 Å². The van der Waals surface area contributed by atoms with Crippen LogP contribution in [0.1, 0.15) is 12.5 Å². The molecule has 58 valence electrons. The van der Waals surface area contributed by atoms with Gasteiger partial charge in [0.05, 0.1) is 0 Å². The summed E-state index contributed by atoms with van der Waals surface area (Å²) in [5.41, 5.74) is 1.17. The average molecular weight is 150 g/mol. The highest BCUT2D eigenvalue weighted by Gasteiger charge is 1.92. The smallest absolute Gasteiger partial charge is 0.298 e. The number of hydrogen-bond donors (Lipinski definition) is 0. The van der Waals surface area contributed by atoms with Gasteiger partial charge in [-0.2, -0.15) is 0 Å². The molecule has 0 amide bonds. The summed E-state index contributed by atoms with van der Waals surface area (Å²) < 4.78 is 4.67.